The second-order valence-electron chi connectivity index (χ2n) is 8.76. The van der Waals surface area contributed by atoms with Crippen molar-refractivity contribution in [2.24, 2.45) is 5.41 Å². The van der Waals surface area contributed by atoms with Crippen molar-refractivity contribution in [2.45, 2.75) is 31.6 Å². The van der Waals surface area contributed by atoms with Gasteiger partial charge in [0.25, 0.3) is 0 Å². The van der Waals surface area contributed by atoms with E-state index < -0.39 is 0 Å². The van der Waals surface area contributed by atoms with Gasteiger partial charge in [0.2, 0.25) is 0 Å². The van der Waals surface area contributed by atoms with Crippen LogP contribution < -0.4 is 0 Å². The fourth-order valence-electron chi connectivity index (χ4n) is 6.36. The molecule has 7 rings (SSSR count). The van der Waals surface area contributed by atoms with Crippen LogP contribution in [-0.2, 0) is 11.8 Å². The number of hydrogen-bond donors (Lipinski definition) is 0. The molecule has 0 aliphatic heterocycles. The summed E-state index contributed by atoms with van der Waals surface area (Å²) in [6, 6.07) is 15.4. The van der Waals surface area contributed by atoms with Gasteiger partial charge in [0.05, 0.1) is 25.5 Å². The highest BCUT2D eigenvalue weighted by atomic mass is 35.5. The van der Waals surface area contributed by atoms with E-state index in [2.05, 4.69) is 56.3 Å². The predicted octanol–water partition coefficient (Wildman–Crippen LogP) is 8.02. The van der Waals surface area contributed by atoms with Gasteiger partial charge in [0.1, 0.15) is 0 Å². The molecule has 0 radical (unpaired) electrons. The molecule has 3 aromatic carbocycles. The minimum Gasteiger partial charge on any atom is -0.0823 e. The third kappa shape index (κ3) is 1.67. The first-order chi connectivity index (χ1) is 13.3. The highest BCUT2D eigenvalue weighted by Crippen LogP contribution is 2.72. The Balaban J connectivity index is 1.94. The van der Waals surface area contributed by atoms with E-state index in [1.54, 1.807) is 0 Å². The van der Waals surface area contributed by atoms with E-state index in [-0.39, 0.29) is 16.7 Å². The Hall–Kier alpha value is -1.18. The van der Waals surface area contributed by atoms with Crippen LogP contribution in [0.5, 0.6) is 0 Å². The normalized spacial score (nSPS) is 24.7. The van der Waals surface area contributed by atoms with Crippen LogP contribution >= 0.6 is 46.4 Å². The first-order valence-corrected chi connectivity index (χ1v) is 10.9. The van der Waals surface area contributed by atoms with Crippen molar-refractivity contribution < 1.29 is 0 Å². The molecule has 28 heavy (non-hydrogen) atoms. The molecule has 0 amide bonds. The first-order valence-electron chi connectivity index (χ1n) is 9.40. The SMILES string of the molecule is CC1(C)Cc2cccc3c2C12c1ccccc1C3c1c(Cl)c(Cl)c(Cl)c(Cl)c12. The highest BCUT2D eigenvalue weighted by molar-refractivity contribution is 6.52. The Kier molecular flexibility index (Phi) is 3.34. The Morgan fingerprint density at radius 1 is 0.750 bits per heavy atom. The number of halogens is 4. The number of rotatable bonds is 0. The molecule has 0 heterocycles. The van der Waals surface area contributed by atoms with Gasteiger partial charge in [0.15, 0.2) is 0 Å². The monoisotopic (exact) mass is 444 g/mol. The number of hydrogen-bond acceptors (Lipinski definition) is 0. The van der Waals surface area contributed by atoms with E-state index in [1.807, 2.05) is 0 Å². The maximum atomic E-state index is 6.96. The van der Waals surface area contributed by atoms with Gasteiger partial charge in [-0.3, -0.25) is 0 Å². The number of benzene rings is 3. The molecule has 2 atom stereocenters. The Labute approximate surface area is 184 Å². The van der Waals surface area contributed by atoms with E-state index in [1.165, 1.54) is 27.8 Å². The Morgan fingerprint density at radius 2 is 1.43 bits per heavy atom. The molecule has 0 nitrogen and oxygen atoms in total. The van der Waals surface area contributed by atoms with Crippen LogP contribution in [0, 0.1) is 5.41 Å². The van der Waals surface area contributed by atoms with Gasteiger partial charge in [-0.15, -0.1) is 0 Å². The second kappa shape index (κ2) is 5.29. The minimum absolute atomic E-state index is 0.0247. The summed E-state index contributed by atoms with van der Waals surface area (Å²) in [6.07, 6.45) is 0.977. The molecule has 0 saturated heterocycles. The van der Waals surface area contributed by atoms with Crippen LogP contribution in [0.1, 0.15) is 58.7 Å². The van der Waals surface area contributed by atoms with Crippen LogP contribution in [0.15, 0.2) is 42.5 Å². The lowest BCUT2D eigenvalue weighted by Crippen LogP contribution is -2.49. The zero-order chi connectivity index (χ0) is 19.6. The maximum absolute atomic E-state index is 6.96. The van der Waals surface area contributed by atoms with Crippen molar-refractivity contribution in [1.29, 1.82) is 0 Å². The molecule has 2 unspecified atom stereocenters. The van der Waals surface area contributed by atoms with Gasteiger partial charge in [-0.2, -0.15) is 0 Å². The Bertz CT molecular complexity index is 1220. The molecule has 1 spiro atoms. The molecule has 4 heteroatoms. The van der Waals surface area contributed by atoms with E-state index in [0.717, 1.165) is 17.5 Å². The second-order valence-corrected chi connectivity index (χ2v) is 10.3. The largest absolute Gasteiger partial charge is 0.0823 e. The van der Waals surface area contributed by atoms with Gasteiger partial charge in [0, 0.05) is 5.92 Å². The summed E-state index contributed by atoms with van der Waals surface area (Å²) in [5.41, 5.74) is 8.35. The summed E-state index contributed by atoms with van der Waals surface area (Å²) in [5, 5.41) is 1.78. The van der Waals surface area contributed by atoms with Crippen LogP contribution in [0.25, 0.3) is 0 Å². The summed E-state index contributed by atoms with van der Waals surface area (Å²) >= 11 is 27.0. The molecule has 4 aliphatic carbocycles. The zero-order valence-electron chi connectivity index (χ0n) is 15.3. The molecular formula is C24H16Cl4. The smallest absolute Gasteiger partial charge is 0.0797 e. The Morgan fingerprint density at radius 3 is 2.21 bits per heavy atom. The van der Waals surface area contributed by atoms with Gasteiger partial charge in [-0.25, -0.2) is 0 Å². The van der Waals surface area contributed by atoms with Crippen molar-refractivity contribution in [3.63, 3.8) is 0 Å². The third-order valence-corrected chi connectivity index (χ3v) is 8.98. The third-order valence-electron chi connectivity index (χ3n) is 7.16. The topological polar surface area (TPSA) is 0 Å². The lowest BCUT2D eigenvalue weighted by molar-refractivity contribution is 0.255. The lowest BCUT2D eigenvalue weighted by Gasteiger charge is -2.55. The lowest BCUT2D eigenvalue weighted by atomic mass is 9.47. The molecule has 2 bridgehead atoms. The van der Waals surface area contributed by atoms with Gasteiger partial charge in [-0.05, 0) is 50.8 Å². The first kappa shape index (κ1) is 17.7. The summed E-state index contributed by atoms with van der Waals surface area (Å²) in [7, 11) is 0. The molecule has 0 N–H and O–H groups in total. The summed E-state index contributed by atoms with van der Waals surface area (Å²) in [5.74, 6) is 0.0247. The van der Waals surface area contributed by atoms with Gasteiger partial charge >= 0.3 is 0 Å². The predicted molar refractivity (Wildman–Crippen MR) is 118 cm³/mol. The van der Waals surface area contributed by atoms with E-state index in [0.29, 0.717) is 20.1 Å². The van der Waals surface area contributed by atoms with Crippen LogP contribution in [-0.4, -0.2) is 0 Å². The summed E-state index contributed by atoms with van der Waals surface area (Å²) in [4.78, 5) is 0. The molecule has 0 saturated carbocycles. The molecule has 0 fully saturated rings. The van der Waals surface area contributed by atoms with Gasteiger partial charge in [-0.1, -0.05) is 103 Å². The summed E-state index contributed by atoms with van der Waals surface area (Å²) < 4.78 is 0. The van der Waals surface area contributed by atoms with Crippen molar-refractivity contribution in [2.75, 3.05) is 0 Å². The fraction of sp³-hybridized carbons (Fsp3) is 0.250. The minimum atomic E-state index is -0.380. The zero-order valence-corrected chi connectivity index (χ0v) is 18.4. The average Bonchev–Trinajstić information content (AvgIpc) is 2.93. The molecule has 0 aromatic heterocycles. The van der Waals surface area contributed by atoms with Crippen molar-refractivity contribution >= 4 is 46.4 Å². The van der Waals surface area contributed by atoms with Crippen LogP contribution in [0.4, 0.5) is 0 Å². The van der Waals surface area contributed by atoms with E-state index >= 15 is 0 Å². The van der Waals surface area contributed by atoms with Crippen molar-refractivity contribution in [3.05, 3.63) is 101 Å². The average molecular weight is 446 g/mol. The molecule has 3 aromatic rings. The van der Waals surface area contributed by atoms with Crippen molar-refractivity contribution in [1.82, 2.24) is 0 Å². The maximum Gasteiger partial charge on any atom is 0.0797 e. The van der Waals surface area contributed by atoms with Gasteiger partial charge < -0.3 is 0 Å². The standard InChI is InChI=1S/C24H16Cl4/c1-23(2)10-11-6-5-8-13-15-12-7-3-4-9-14(12)24(23,17(11)13)18-16(15)19(25)21(27)22(28)20(18)26/h3-9,15H,10H2,1-2H3. The highest BCUT2D eigenvalue weighted by Gasteiger charge is 2.64. The summed E-state index contributed by atoms with van der Waals surface area (Å²) in [6.45, 7) is 4.66. The molecule has 140 valence electrons. The molecule has 4 aliphatic rings. The van der Waals surface area contributed by atoms with Crippen LogP contribution in [0.3, 0.4) is 0 Å². The fourth-order valence-corrected chi connectivity index (χ4v) is 7.48. The quantitative estimate of drug-likeness (QED) is 0.242. The van der Waals surface area contributed by atoms with E-state index in [9.17, 15) is 0 Å². The van der Waals surface area contributed by atoms with E-state index in [4.69, 9.17) is 46.4 Å². The van der Waals surface area contributed by atoms with Crippen LogP contribution in [0.2, 0.25) is 20.1 Å². The molecular weight excluding hydrogens is 430 g/mol. The van der Waals surface area contributed by atoms with Crippen molar-refractivity contribution in [3.8, 4) is 0 Å².